The van der Waals surface area contributed by atoms with Crippen LogP contribution in [0.3, 0.4) is 0 Å². The van der Waals surface area contributed by atoms with E-state index < -0.39 is 0 Å². The molecule has 0 saturated heterocycles. The molecule has 0 fully saturated rings. The van der Waals surface area contributed by atoms with Crippen molar-refractivity contribution < 1.29 is 0 Å². The molecule has 0 unspecified atom stereocenters. The van der Waals surface area contributed by atoms with E-state index >= 15 is 0 Å². The summed E-state index contributed by atoms with van der Waals surface area (Å²) in [5.74, 6) is 0. The van der Waals surface area contributed by atoms with Gasteiger partial charge >= 0.3 is 0 Å². The number of aromatic amines is 1. The summed E-state index contributed by atoms with van der Waals surface area (Å²) in [6, 6.07) is 8.45. The summed E-state index contributed by atoms with van der Waals surface area (Å²) >= 11 is 0. The molecule has 1 N–H and O–H groups in total. The number of aromatic nitrogens is 5. The SMILES string of the molecule is CCCc1[nH]nc(-c2cccc3ncc(-c4cnn(C)c4)cc23)c1CC. The number of pyridine rings is 1. The lowest BCUT2D eigenvalue weighted by Gasteiger charge is -2.08. The van der Waals surface area contributed by atoms with E-state index in [-0.39, 0.29) is 0 Å². The van der Waals surface area contributed by atoms with Crippen LogP contribution in [0.2, 0.25) is 0 Å². The molecule has 0 radical (unpaired) electrons. The van der Waals surface area contributed by atoms with Gasteiger partial charge in [0.15, 0.2) is 0 Å². The Bertz CT molecular complexity index is 1060. The number of hydrogen-bond acceptors (Lipinski definition) is 3. The molecule has 0 amide bonds. The first kappa shape index (κ1) is 16.5. The summed E-state index contributed by atoms with van der Waals surface area (Å²) in [7, 11) is 1.93. The summed E-state index contributed by atoms with van der Waals surface area (Å²) in [6.07, 6.45) is 8.90. The zero-order chi connectivity index (χ0) is 18.1. The van der Waals surface area contributed by atoms with E-state index in [9.17, 15) is 0 Å². The van der Waals surface area contributed by atoms with Gasteiger partial charge in [-0.1, -0.05) is 32.4 Å². The van der Waals surface area contributed by atoms with E-state index in [2.05, 4.69) is 58.4 Å². The van der Waals surface area contributed by atoms with Crippen LogP contribution in [0.15, 0.2) is 42.9 Å². The van der Waals surface area contributed by atoms with Gasteiger partial charge in [0.2, 0.25) is 0 Å². The molecule has 3 aromatic heterocycles. The highest BCUT2D eigenvalue weighted by atomic mass is 15.2. The molecule has 5 heteroatoms. The topological polar surface area (TPSA) is 59.4 Å². The minimum atomic E-state index is 0.966. The standard InChI is InChI=1S/C21H23N5/c1-4-7-20-16(5-2)21(25-24-20)17-8-6-9-19-18(17)10-14(11-22-19)15-12-23-26(3)13-15/h6,8-13H,4-5,7H2,1-3H3,(H,24,25). The lowest BCUT2D eigenvalue weighted by molar-refractivity contribution is 0.768. The summed E-state index contributed by atoms with van der Waals surface area (Å²) in [6.45, 7) is 4.39. The van der Waals surface area contributed by atoms with Crippen LogP contribution in [-0.4, -0.2) is 25.0 Å². The summed E-state index contributed by atoms with van der Waals surface area (Å²) in [4.78, 5) is 4.68. The van der Waals surface area contributed by atoms with Crippen molar-refractivity contribution in [3.05, 3.63) is 54.1 Å². The maximum atomic E-state index is 4.68. The molecule has 0 atom stereocenters. The van der Waals surface area contributed by atoms with Crippen LogP contribution in [0.4, 0.5) is 0 Å². The number of rotatable bonds is 5. The Labute approximate surface area is 153 Å². The minimum absolute atomic E-state index is 0.966. The van der Waals surface area contributed by atoms with Gasteiger partial charge in [-0.15, -0.1) is 0 Å². The molecule has 132 valence electrons. The Morgan fingerprint density at radius 2 is 2.00 bits per heavy atom. The average molecular weight is 345 g/mol. The van der Waals surface area contributed by atoms with Crippen molar-refractivity contribution in [1.82, 2.24) is 25.0 Å². The van der Waals surface area contributed by atoms with Crippen molar-refractivity contribution in [1.29, 1.82) is 0 Å². The van der Waals surface area contributed by atoms with Crippen molar-refractivity contribution in [2.45, 2.75) is 33.1 Å². The van der Waals surface area contributed by atoms with Crippen molar-refractivity contribution in [3.8, 4) is 22.4 Å². The Kier molecular flexibility index (Phi) is 4.29. The van der Waals surface area contributed by atoms with Crippen molar-refractivity contribution in [3.63, 3.8) is 0 Å². The molecular weight excluding hydrogens is 322 g/mol. The molecule has 0 aliphatic carbocycles. The summed E-state index contributed by atoms with van der Waals surface area (Å²) in [5.41, 5.74) is 7.87. The first-order chi connectivity index (χ1) is 12.7. The lowest BCUT2D eigenvalue weighted by atomic mass is 9.97. The van der Waals surface area contributed by atoms with Crippen LogP contribution in [-0.2, 0) is 19.9 Å². The molecule has 0 spiro atoms. The molecule has 4 rings (SSSR count). The van der Waals surface area contributed by atoms with Gasteiger partial charge in [-0.05, 0) is 25.0 Å². The molecular formula is C21H23N5. The van der Waals surface area contributed by atoms with E-state index in [1.807, 2.05) is 30.3 Å². The first-order valence-corrected chi connectivity index (χ1v) is 9.15. The third-order valence-corrected chi connectivity index (χ3v) is 4.83. The molecule has 26 heavy (non-hydrogen) atoms. The van der Waals surface area contributed by atoms with Gasteiger partial charge in [0, 0.05) is 52.8 Å². The van der Waals surface area contributed by atoms with Crippen LogP contribution in [0.5, 0.6) is 0 Å². The van der Waals surface area contributed by atoms with E-state index in [0.717, 1.165) is 52.5 Å². The smallest absolute Gasteiger partial charge is 0.0962 e. The Balaban J connectivity index is 1.90. The van der Waals surface area contributed by atoms with Crippen molar-refractivity contribution >= 4 is 10.9 Å². The molecule has 0 aliphatic heterocycles. The maximum absolute atomic E-state index is 4.68. The molecule has 0 saturated carbocycles. The number of hydrogen-bond donors (Lipinski definition) is 1. The Morgan fingerprint density at radius 3 is 2.73 bits per heavy atom. The maximum Gasteiger partial charge on any atom is 0.0962 e. The number of benzene rings is 1. The fourth-order valence-electron chi connectivity index (χ4n) is 3.55. The molecule has 4 aromatic rings. The second-order valence-corrected chi connectivity index (χ2v) is 6.63. The quantitative estimate of drug-likeness (QED) is 0.578. The predicted molar refractivity (Wildman–Crippen MR) is 105 cm³/mol. The number of fused-ring (bicyclic) bond motifs is 1. The van der Waals surface area contributed by atoms with Crippen LogP contribution < -0.4 is 0 Å². The zero-order valence-corrected chi connectivity index (χ0v) is 15.5. The predicted octanol–water partition coefficient (Wildman–Crippen LogP) is 4.54. The van der Waals surface area contributed by atoms with Crippen LogP contribution in [0, 0.1) is 0 Å². The Morgan fingerprint density at radius 1 is 1.12 bits per heavy atom. The Hall–Kier alpha value is -2.95. The fourth-order valence-corrected chi connectivity index (χ4v) is 3.55. The van der Waals surface area contributed by atoms with E-state index in [0.29, 0.717) is 0 Å². The van der Waals surface area contributed by atoms with Crippen LogP contribution >= 0.6 is 0 Å². The van der Waals surface area contributed by atoms with Crippen molar-refractivity contribution in [2.24, 2.45) is 7.05 Å². The van der Waals surface area contributed by atoms with E-state index in [1.165, 1.54) is 11.3 Å². The number of nitrogens with one attached hydrogen (secondary N) is 1. The van der Waals surface area contributed by atoms with Gasteiger partial charge in [-0.3, -0.25) is 14.8 Å². The van der Waals surface area contributed by atoms with Crippen LogP contribution in [0.25, 0.3) is 33.3 Å². The zero-order valence-electron chi connectivity index (χ0n) is 15.5. The molecule has 0 aliphatic rings. The summed E-state index contributed by atoms with van der Waals surface area (Å²) in [5, 5.41) is 13.3. The third-order valence-electron chi connectivity index (χ3n) is 4.83. The molecule has 1 aromatic carbocycles. The van der Waals surface area contributed by atoms with Crippen molar-refractivity contribution in [2.75, 3.05) is 0 Å². The minimum Gasteiger partial charge on any atom is -0.282 e. The van der Waals surface area contributed by atoms with E-state index in [1.54, 1.807) is 0 Å². The van der Waals surface area contributed by atoms with Crippen LogP contribution in [0.1, 0.15) is 31.5 Å². The van der Waals surface area contributed by atoms with Gasteiger partial charge in [0.25, 0.3) is 0 Å². The van der Waals surface area contributed by atoms with Gasteiger partial charge in [0.1, 0.15) is 0 Å². The van der Waals surface area contributed by atoms with Gasteiger partial charge < -0.3 is 0 Å². The second kappa shape index (κ2) is 6.75. The second-order valence-electron chi connectivity index (χ2n) is 6.63. The normalized spacial score (nSPS) is 11.3. The average Bonchev–Trinajstić information content (AvgIpc) is 3.27. The highest BCUT2D eigenvalue weighted by Crippen LogP contribution is 2.33. The number of aryl methyl sites for hydroxylation is 2. The fraction of sp³-hybridized carbons (Fsp3) is 0.286. The number of nitrogens with zero attached hydrogens (tertiary/aromatic N) is 4. The van der Waals surface area contributed by atoms with Gasteiger partial charge in [-0.2, -0.15) is 10.2 Å². The monoisotopic (exact) mass is 345 g/mol. The highest BCUT2D eigenvalue weighted by Gasteiger charge is 2.16. The third kappa shape index (κ3) is 2.79. The summed E-state index contributed by atoms with van der Waals surface area (Å²) < 4.78 is 1.81. The largest absolute Gasteiger partial charge is 0.282 e. The molecule has 3 heterocycles. The van der Waals surface area contributed by atoms with Gasteiger partial charge in [-0.25, -0.2) is 0 Å². The molecule has 0 bridgehead atoms. The lowest BCUT2D eigenvalue weighted by Crippen LogP contribution is -1.92. The van der Waals surface area contributed by atoms with Gasteiger partial charge in [0.05, 0.1) is 17.4 Å². The highest BCUT2D eigenvalue weighted by molar-refractivity contribution is 5.96. The number of H-pyrrole nitrogens is 1. The first-order valence-electron chi connectivity index (χ1n) is 9.15. The molecule has 5 nitrogen and oxygen atoms in total. The van der Waals surface area contributed by atoms with E-state index in [4.69, 9.17) is 0 Å².